The van der Waals surface area contributed by atoms with Gasteiger partial charge < -0.3 is 14.6 Å². The summed E-state index contributed by atoms with van der Waals surface area (Å²) in [6.45, 7) is 2.11. The predicted octanol–water partition coefficient (Wildman–Crippen LogP) is 1.91. The first-order valence-electron chi connectivity index (χ1n) is 8.55. The summed E-state index contributed by atoms with van der Waals surface area (Å²) in [5.41, 5.74) is -0.0689. The molecule has 132 valence electrons. The summed E-state index contributed by atoms with van der Waals surface area (Å²) in [5, 5.41) is 6.84. The van der Waals surface area contributed by atoms with Crippen molar-refractivity contribution in [2.75, 3.05) is 16.8 Å². The van der Waals surface area contributed by atoms with E-state index in [4.69, 9.17) is 9.26 Å². The number of nitrogens with zero attached hydrogens (tertiary/aromatic N) is 2. The summed E-state index contributed by atoms with van der Waals surface area (Å²) in [7, 11) is 0. The second-order valence-corrected chi connectivity index (χ2v) is 6.98. The maximum atomic E-state index is 13.1. The van der Waals surface area contributed by atoms with Gasteiger partial charge in [-0.15, -0.1) is 0 Å². The smallest absolute Gasteiger partial charge is 0.235 e. The predicted molar refractivity (Wildman–Crippen MR) is 92.4 cm³/mol. The monoisotopic (exact) mass is 351 g/mol. The first kappa shape index (κ1) is 15.3. The van der Waals surface area contributed by atoms with Crippen molar-refractivity contribution < 1.29 is 18.8 Å². The van der Waals surface area contributed by atoms with Crippen molar-refractivity contribution in [1.29, 1.82) is 0 Å². The van der Waals surface area contributed by atoms with Crippen LogP contribution in [0.15, 0.2) is 53.1 Å². The van der Waals surface area contributed by atoms with E-state index in [-0.39, 0.29) is 17.9 Å². The largest absolute Gasteiger partial charge is 0.360 e. The molecule has 7 heteroatoms. The molecule has 2 amide bonds. The molecule has 7 nitrogen and oxygen atoms in total. The Kier molecular flexibility index (Phi) is 3.12. The van der Waals surface area contributed by atoms with Gasteiger partial charge in [-0.2, -0.15) is 0 Å². The van der Waals surface area contributed by atoms with Crippen LogP contribution in [0.3, 0.4) is 0 Å². The summed E-state index contributed by atoms with van der Waals surface area (Å²) in [6, 6.07) is 10.9. The van der Waals surface area contributed by atoms with E-state index >= 15 is 0 Å². The molecule has 3 aliphatic rings. The highest BCUT2D eigenvalue weighted by molar-refractivity contribution is 6.05. The lowest BCUT2D eigenvalue weighted by Crippen LogP contribution is -2.41. The van der Waals surface area contributed by atoms with E-state index in [0.29, 0.717) is 23.8 Å². The summed E-state index contributed by atoms with van der Waals surface area (Å²) >= 11 is 0. The lowest BCUT2D eigenvalue weighted by molar-refractivity contribution is -0.128. The van der Waals surface area contributed by atoms with Crippen LogP contribution in [0.2, 0.25) is 0 Å². The number of nitrogens with one attached hydrogen (secondary N) is 1. The fraction of sp³-hybridized carbons (Fsp3) is 0.316. The van der Waals surface area contributed by atoms with Gasteiger partial charge in [-0.25, -0.2) is 0 Å². The standard InChI is InChI=1S/C19H17N3O4/c1-11-9-14(21-26-11)22-10-19-8-7-13(25-19)15(16(19)18(22)24)17(23)20-12-5-3-2-4-6-12/h2-9,13,15-16H,10H2,1H3,(H,20,23)/t13-,15+,16+,19+/m1/s1. The Balaban J connectivity index is 1.45. The Hall–Kier alpha value is -2.93. The maximum Gasteiger partial charge on any atom is 0.235 e. The zero-order valence-electron chi connectivity index (χ0n) is 14.1. The molecular formula is C19H17N3O4. The lowest BCUT2D eigenvalue weighted by atomic mass is 9.77. The number of rotatable bonds is 3. The van der Waals surface area contributed by atoms with E-state index < -0.39 is 17.4 Å². The van der Waals surface area contributed by atoms with Crippen molar-refractivity contribution in [2.45, 2.75) is 18.6 Å². The lowest BCUT2D eigenvalue weighted by Gasteiger charge is -2.23. The number of amides is 2. The van der Waals surface area contributed by atoms with Gasteiger partial charge in [-0.3, -0.25) is 14.5 Å². The van der Waals surface area contributed by atoms with Gasteiger partial charge in [0.25, 0.3) is 0 Å². The van der Waals surface area contributed by atoms with Crippen molar-refractivity contribution in [1.82, 2.24) is 5.16 Å². The Morgan fingerprint density at radius 2 is 2.15 bits per heavy atom. The van der Waals surface area contributed by atoms with E-state index in [1.54, 1.807) is 17.9 Å². The fourth-order valence-corrected chi connectivity index (χ4v) is 4.22. The summed E-state index contributed by atoms with van der Waals surface area (Å²) < 4.78 is 11.2. The number of aromatic nitrogens is 1. The molecule has 1 aromatic carbocycles. The average Bonchev–Trinajstić information content (AvgIpc) is 3.37. The molecule has 2 bridgehead atoms. The summed E-state index contributed by atoms with van der Waals surface area (Å²) in [5.74, 6) is -0.397. The highest BCUT2D eigenvalue weighted by Gasteiger charge is 2.67. The van der Waals surface area contributed by atoms with E-state index in [2.05, 4.69) is 10.5 Å². The van der Waals surface area contributed by atoms with Crippen LogP contribution < -0.4 is 10.2 Å². The molecule has 0 aliphatic carbocycles. The molecule has 0 radical (unpaired) electrons. The third-order valence-electron chi connectivity index (χ3n) is 5.34. The van der Waals surface area contributed by atoms with Crippen LogP contribution in [-0.2, 0) is 14.3 Å². The normalized spacial score (nSPS) is 31.5. The van der Waals surface area contributed by atoms with Crippen molar-refractivity contribution in [2.24, 2.45) is 11.8 Å². The first-order chi connectivity index (χ1) is 12.6. The zero-order chi connectivity index (χ0) is 17.9. The molecule has 1 spiro atoms. The Morgan fingerprint density at radius 1 is 1.35 bits per heavy atom. The van der Waals surface area contributed by atoms with E-state index in [9.17, 15) is 9.59 Å². The van der Waals surface area contributed by atoms with Crippen LogP contribution in [0.1, 0.15) is 5.76 Å². The second kappa shape index (κ2) is 5.28. The summed E-state index contributed by atoms with van der Waals surface area (Å²) in [4.78, 5) is 27.6. The van der Waals surface area contributed by atoms with Crippen LogP contribution in [-0.4, -0.2) is 35.2 Å². The fourth-order valence-electron chi connectivity index (χ4n) is 4.22. The quantitative estimate of drug-likeness (QED) is 0.854. The van der Waals surface area contributed by atoms with Gasteiger partial charge in [0.05, 0.1) is 24.5 Å². The van der Waals surface area contributed by atoms with Crippen LogP contribution in [0.25, 0.3) is 0 Å². The van der Waals surface area contributed by atoms with Crippen LogP contribution in [0.4, 0.5) is 11.5 Å². The minimum atomic E-state index is -0.771. The minimum Gasteiger partial charge on any atom is -0.360 e. The number of ether oxygens (including phenoxy) is 1. The van der Waals surface area contributed by atoms with Gasteiger partial charge in [0, 0.05) is 11.8 Å². The third kappa shape index (κ3) is 2.07. The highest BCUT2D eigenvalue weighted by atomic mass is 16.5. The molecule has 26 heavy (non-hydrogen) atoms. The number of fused-ring (bicyclic) bond motifs is 1. The molecule has 4 heterocycles. The van der Waals surface area contributed by atoms with E-state index in [1.165, 1.54) is 0 Å². The third-order valence-corrected chi connectivity index (χ3v) is 5.34. The Bertz CT molecular complexity index is 922. The van der Waals surface area contributed by atoms with Crippen molar-refractivity contribution in [3.05, 3.63) is 54.3 Å². The molecule has 3 aliphatic heterocycles. The van der Waals surface area contributed by atoms with E-state index in [0.717, 1.165) is 0 Å². The number of anilines is 2. The average molecular weight is 351 g/mol. The van der Waals surface area contributed by atoms with E-state index in [1.807, 2.05) is 42.5 Å². The van der Waals surface area contributed by atoms with Crippen molar-refractivity contribution >= 4 is 23.3 Å². The maximum absolute atomic E-state index is 13.1. The molecule has 2 aromatic rings. The Morgan fingerprint density at radius 3 is 2.88 bits per heavy atom. The van der Waals surface area contributed by atoms with Crippen LogP contribution in [0, 0.1) is 18.8 Å². The van der Waals surface area contributed by atoms with Crippen molar-refractivity contribution in [3.8, 4) is 0 Å². The molecule has 0 unspecified atom stereocenters. The molecule has 2 saturated heterocycles. The first-order valence-corrected chi connectivity index (χ1v) is 8.55. The Labute approximate surface area is 149 Å². The van der Waals surface area contributed by atoms with Crippen LogP contribution >= 0.6 is 0 Å². The number of hydrogen-bond acceptors (Lipinski definition) is 5. The van der Waals surface area contributed by atoms with Gasteiger partial charge in [0.2, 0.25) is 11.8 Å². The number of hydrogen-bond donors (Lipinski definition) is 1. The molecule has 5 rings (SSSR count). The molecule has 0 saturated carbocycles. The molecule has 1 N–H and O–H groups in total. The van der Waals surface area contributed by atoms with Gasteiger partial charge in [-0.05, 0) is 19.1 Å². The second-order valence-electron chi connectivity index (χ2n) is 6.98. The van der Waals surface area contributed by atoms with Gasteiger partial charge in [-0.1, -0.05) is 35.5 Å². The van der Waals surface area contributed by atoms with Gasteiger partial charge >= 0.3 is 0 Å². The molecule has 1 aromatic heterocycles. The number of benzene rings is 1. The van der Waals surface area contributed by atoms with Gasteiger partial charge in [0.15, 0.2) is 5.82 Å². The molecule has 2 fully saturated rings. The topological polar surface area (TPSA) is 84.7 Å². The molecular weight excluding hydrogens is 334 g/mol. The summed E-state index contributed by atoms with van der Waals surface area (Å²) in [6.07, 6.45) is 3.42. The molecule has 4 atom stereocenters. The van der Waals surface area contributed by atoms with Crippen LogP contribution in [0.5, 0.6) is 0 Å². The highest BCUT2D eigenvalue weighted by Crippen LogP contribution is 2.52. The number of para-hydroxylation sites is 1. The van der Waals surface area contributed by atoms with Gasteiger partial charge in [0.1, 0.15) is 11.4 Å². The number of carbonyl (C=O) groups is 2. The number of aryl methyl sites for hydroxylation is 1. The number of carbonyl (C=O) groups excluding carboxylic acids is 2. The minimum absolute atomic E-state index is 0.154. The van der Waals surface area contributed by atoms with Crippen molar-refractivity contribution in [3.63, 3.8) is 0 Å². The SMILES string of the molecule is Cc1cc(N2C[C@]34C=C[C@@H](O3)[C@H](C(=O)Nc3ccccc3)[C@H]4C2=O)no1. The zero-order valence-corrected chi connectivity index (χ0v) is 14.1.